The zero-order valence-corrected chi connectivity index (χ0v) is 56.7. The Hall–Kier alpha value is -5.00. The lowest BCUT2D eigenvalue weighted by atomic mass is 9.96. The fourth-order valence-electron chi connectivity index (χ4n) is 9.92. The molecule has 1 aliphatic rings. The lowest BCUT2D eigenvalue weighted by Gasteiger charge is -2.43. The van der Waals surface area contributed by atoms with E-state index in [9.17, 15) is 73.0 Å². The van der Waals surface area contributed by atoms with Crippen LogP contribution in [0, 0.1) is 0 Å². The summed E-state index contributed by atoms with van der Waals surface area (Å²) in [6.07, 6.45) is 24.3. The molecular formula is C64H115N6O22P. The van der Waals surface area contributed by atoms with Crippen molar-refractivity contribution in [2.45, 2.75) is 288 Å². The van der Waals surface area contributed by atoms with E-state index >= 15 is 0 Å². The zero-order chi connectivity index (χ0) is 69.1. The molecule has 1 fully saturated rings. The van der Waals surface area contributed by atoms with Gasteiger partial charge in [0.1, 0.15) is 49.6 Å². The SMILES string of the molecule is CCCCCCCCC=CCCCCCCCC(=O)O[C@H](COC(=O)CCCCCCCCCCCCCCC)COP(=O)(O)OCCNC(=O)CCC(=O)NCC(=O)OC(=O)CC[C@@H](NC(=O)[C@H](CO)NCC(C)O[C@H]1[C@H](O)[C@@H](CO)O[C@H](O)[C@@H]1NC(C)=O)C(N)=O. The summed E-state index contributed by atoms with van der Waals surface area (Å²) in [5.74, 6) is -7.50. The molecule has 29 heteroatoms. The molecule has 10 atom stereocenters. The van der Waals surface area contributed by atoms with Crippen molar-refractivity contribution in [1.29, 1.82) is 0 Å². The van der Waals surface area contributed by atoms with Gasteiger partial charge in [0.25, 0.3) is 0 Å². The van der Waals surface area contributed by atoms with Gasteiger partial charge in [0, 0.05) is 52.1 Å². The van der Waals surface area contributed by atoms with Crippen LogP contribution in [0.25, 0.3) is 0 Å². The minimum Gasteiger partial charge on any atom is -0.462 e. The summed E-state index contributed by atoms with van der Waals surface area (Å²) in [6, 6.07) is -4.10. The molecule has 12 N–H and O–H groups in total. The van der Waals surface area contributed by atoms with Crippen LogP contribution in [0.2, 0.25) is 0 Å². The molecule has 0 bridgehead atoms. The number of rotatable bonds is 58. The van der Waals surface area contributed by atoms with Crippen LogP contribution in [0.15, 0.2) is 12.2 Å². The molecule has 0 aliphatic carbocycles. The Kier molecular flexibility index (Phi) is 50.1. The highest BCUT2D eigenvalue weighted by molar-refractivity contribution is 7.47. The fraction of sp³-hybridized carbons (Fsp3) is 0.828. The predicted molar refractivity (Wildman–Crippen MR) is 344 cm³/mol. The van der Waals surface area contributed by atoms with E-state index in [1.165, 1.54) is 96.8 Å². The highest BCUT2D eigenvalue weighted by Gasteiger charge is 2.46. The van der Waals surface area contributed by atoms with Gasteiger partial charge in [0.15, 0.2) is 12.4 Å². The minimum absolute atomic E-state index is 0.0917. The van der Waals surface area contributed by atoms with Crippen LogP contribution in [0.4, 0.5) is 0 Å². The Balaban J connectivity index is 2.54. The van der Waals surface area contributed by atoms with Crippen LogP contribution < -0.4 is 32.3 Å². The van der Waals surface area contributed by atoms with E-state index in [-0.39, 0.29) is 25.9 Å². The maximum absolute atomic E-state index is 13.0. The van der Waals surface area contributed by atoms with Crippen LogP contribution in [-0.4, -0.2) is 186 Å². The molecule has 0 aromatic rings. The molecule has 0 aromatic carbocycles. The Labute approximate surface area is 550 Å². The van der Waals surface area contributed by atoms with Gasteiger partial charge >= 0.3 is 31.7 Å². The number of ether oxygens (including phenoxy) is 5. The smallest absolute Gasteiger partial charge is 0.462 e. The predicted octanol–water partition coefficient (Wildman–Crippen LogP) is 5.23. The van der Waals surface area contributed by atoms with E-state index in [4.69, 9.17) is 33.7 Å². The Morgan fingerprint density at radius 3 is 1.69 bits per heavy atom. The van der Waals surface area contributed by atoms with E-state index in [2.05, 4.69) is 57.3 Å². The van der Waals surface area contributed by atoms with Gasteiger partial charge in [0.2, 0.25) is 29.5 Å². The number of amides is 5. The molecule has 28 nitrogen and oxygen atoms in total. The molecule has 0 aromatic heterocycles. The van der Waals surface area contributed by atoms with Gasteiger partial charge in [-0.25, -0.2) is 9.36 Å². The average Bonchev–Trinajstić information content (AvgIpc) is 1.03. The molecule has 1 rings (SSSR count). The fourth-order valence-corrected chi connectivity index (χ4v) is 10.7. The third-order valence-corrected chi connectivity index (χ3v) is 16.3. The number of phosphoric acid groups is 1. The number of phosphoric ester groups is 1. The first-order valence-electron chi connectivity index (χ1n) is 33.9. The van der Waals surface area contributed by atoms with Gasteiger partial charge in [-0.15, -0.1) is 0 Å². The molecule has 0 saturated carbocycles. The standard InChI is InChI=1S/C64H115N6O22P/c1-5-7-9-11-13-15-17-19-20-22-24-26-28-30-32-34-56(77)90-49(45-86-55(76)33-31-29-27-25-23-21-18-16-14-12-10-8-6-2)46-88-93(84,85)87-40-39-66-53(74)36-37-54(75)68-42-58(79)92-57(78)38-35-50(62(65)81)70-63(82)51(43-71)67-41-47(3)89-61-59(69-48(4)73)64(83)91-52(44-72)60(61)80/h19-20,47,49-52,59-61,64,67,71-72,80,83H,5-18,21-46H2,1-4H3,(H2,65,81)(H,66,74)(H,68,75)(H,69,73)(H,70,82)(H,84,85)/t47?,49-,50-,51+,52-,59-,60-,61-,64+/m1/s1. The quantitative estimate of drug-likeness (QED) is 0.00927. The maximum atomic E-state index is 13.0. The Bertz CT molecular complexity index is 2200. The van der Waals surface area contributed by atoms with Crippen LogP contribution in [0.5, 0.6) is 0 Å². The second-order valence-corrected chi connectivity index (χ2v) is 25.2. The van der Waals surface area contributed by atoms with E-state index in [0.717, 1.165) is 71.1 Å². The number of nitrogens with two attached hydrogens (primary N) is 1. The molecule has 0 radical (unpaired) electrons. The molecule has 2 unspecified atom stereocenters. The first kappa shape index (κ1) is 86.0. The summed E-state index contributed by atoms with van der Waals surface area (Å²) in [5, 5.41) is 52.5. The monoisotopic (exact) mass is 1350 g/mol. The molecule has 538 valence electrons. The van der Waals surface area contributed by atoms with Gasteiger partial charge in [-0.05, 0) is 51.9 Å². The molecule has 1 aliphatic heterocycles. The summed E-state index contributed by atoms with van der Waals surface area (Å²) in [4.78, 5) is 123. The van der Waals surface area contributed by atoms with E-state index in [1.807, 2.05) is 0 Å². The first-order valence-corrected chi connectivity index (χ1v) is 35.4. The second-order valence-electron chi connectivity index (χ2n) is 23.7. The number of primary amides is 1. The van der Waals surface area contributed by atoms with Crippen molar-refractivity contribution in [2.24, 2.45) is 5.73 Å². The molecule has 1 heterocycles. The molecule has 0 spiro atoms. The van der Waals surface area contributed by atoms with Gasteiger partial charge in [-0.2, -0.15) is 0 Å². The number of aliphatic hydroxyl groups excluding tert-OH is 4. The number of hydrogen-bond acceptors (Lipinski definition) is 22. The number of esters is 4. The topological polar surface area (TPSA) is 423 Å². The van der Waals surface area contributed by atoms with E-state index in [0.29, 0.717) is 12.8 Å². The lowest BCUT2D eigenvalue weighted by molar-refractivity contribution is -0.267. The summed E-state index contributed by atoms with van der Waals surface area (Å²) < 4.78 is 49.6. The number of aliphatic hydroxyl groups is 4. The number of unbranched alkanes of at least 4 members (excludes halogenated alkanes) is 23. The summed E-state index contributed by atoms with van der Waals surface area (Å²) in [6.45, 7) is 2.78. The van der Waals surface area contributed by atoms with Gasteiger partial charge in [0.05, 0.1) is 32.5 Å². The minimum atomic E-state index is -4.80. The number of carbonyl (C=O) groups is 9. The van der Waals surface area contributed by atoms with Crippen molar-refractivity contribution in [1.82, 2.24) is 26.6 Å². The van der Waals surface area contributed by atoms with Crippen LogP contribution in [-0.2, 0) is 80.4 Å². The van der Waals surface area contributed by atoms with Gasteiger partial charge in [-0.1, -0.05) is 154 Å². The van der Waals surface area contributed by atoms with Crippen LogP contribution in [0.1, 0.15) is 233 Å². The van der Waals surface area contributed by atoms with Gasteiger partial charge in [-0.3, -0.25) is 47.4 Å². The van der Waals surface area contributed by atoms with Crippen molar-refractivity contribution in [3.05, 3.63) is 12.2 Å². The van der Waals surface area contributed by atoms with Crippen molar-refractivity contribution >= 4 is 61.2 Å². The molecule has 1 saturated heterocycles. The largest absolute Gasteiger partial charge is 0.472 e. The maximum Gasteiger partial charge on any atom is 0.472 e. The van der Waals surface area contributed by atoms with Crippen molar-refractivity contribution in [2.75, 3.05) is 52.7 Å². The Morgan fingerprint density at radius 1 is 0.634 bits per heavy atom. The lowest BCUT2D eigenvalue weighted by Crippen LogP contribution is -2.65. The van der Waals surface area contributed by atoms with Crippen LogP contribution >= 0.6 is 7.82 Å². The zero-order valence-electron chi connectivity index (χ0n) is 55.8. The van der Waals surface area contributed by atoms with Crippen molar-refractivity contribution < 1.29 is 106 Å². The van der Waals surface area contributed by atoms with Crippen LogP contribution in [0.3, 0.4) is 0 Å². The van der Waals surface area contributed by atoms with Gasteiger partial charge < -0.3 is 81.3 Å². The molecular weight excluding hydrogens is 1240 g/mol. The highest BCUT2D eigenvalue weighted by Crippen LogP contribution is 2.43. The van der Waals surface area contributed by atoms with E-state index in [1.54, 1.807) is 0 Å². The number of allylic oxidation sites excluding steroid dienone is 2. The molecule has 93 heavy (non-hydrogen) atoms. The summed E-state index contributed by atoms with van der Waals surface area (Å²) >= 11 is 0. The number of nitrogens with one attached hydrogen (secondary N) is 5. The second kappa shape index (κ2) is 54.2. The van der Waals surface area contributed by atoms with E-state index < -0.39 is 181 Å². The third kappa shape index (κ3) is 45.1. The molecule has 5 amide bonds. The Morgan fingerprint density at radius 2 is 1.16 bits per heavy atom. The number of carbonyl (C=O) groups excluding carboxylic acids is 9. The highest BCUT2D eigenvalue weighted by atomic mass is 31.2. The van der Waals surface area contributed by atoms with Crippen molar-refractivity contribution in [3.8, 4) is 0 Å². The first-order chi connectivity index (χ1) is 44.5. The van der Waals surface area contributed by atoms with Crippen molar-refractivity contribution in [3.63, 3.8) is 0 Å². The average molecular weight is 1350 g/mol. The third-order valence-electron chi connectivity index (χ3n) is 15.3. The number of hydrogen-bond donors (Lipinski definition) is 11. The summed E-state index contributed by atoms with van der Waals surface area (Å²) in [5.41, 5.74) is 5.42. The summed E-state index contributed by atoms with van der Waals surface area (Å²) in [7, 11) is -4.80. The normalized spacial score (nSPS) is 18.3.